The number of amides is 1. The van der Waals surface area contributed by atoms with E-state index in [1.165, 1.54) is 7.11 Å². The maximum absolute atomic E-state index is 12.5. The number of anilines is 1. The second kappa shape index (κ2) is 6.51. The van der Waals surface area contributed by atoms with Crippen molar-refractivity contribution in [2.75, 3.05) is 18.6 Å². The van der Waals surface area contributed by atoms with Gasteiger partial charge in [-0.25, -0.2) is 0 Å². The summed E-state index contributed by atoms with van der Waals surface area (Å²) in [6, 6.07) is 6.20. The van der Waals surface area contributed by atoms with E-state index in [4.69, 9.17) is 4.74 Å². The minimum Gasteiger partial charge on any atom is -0.469 e. The lowest BCUT2D eigenvalue weighted by Gasteiger charge is -2.27. The summed E-state index contributed by atoms with van der Waals surface area (Å²) >= 11 is 0. The largest absolute Gasteiger partial charge is 0.469 e. The molecule has 1 saturated heterocycles. The molecule has 0 N–H and O–H groups in total. The third kappa shape index (κ3) is 3.01. The van der Waals surface area contributed by atoms with Crippen LogP contribution < -0.4 is 4.90 Å². The number of hydrogen-bond acceptors (Lipinski definition) is 3. The molecule has 1 aliphatic heterocycles. The van der Waals surface area contributed by atoms with Crippen molar-refractivity contribution in [3.05, 3.63) is 29.3 Å². The molecule has 0 spiro atoms. The Morgan fingerprint density at radius 2 is 1.73 bits per heavy atom. The Hall–Kier alpha value is -1.84. The van der Waals surface area contributed by atoms with Gasteiger partial charge in [0.1, 0.15) is 0 Å². The number of ether oxygens (including phenoxy) is 1. The van der Waals surface area contributed by atoms with Gasteiger partial charge in [0.05, 0.1) is 18.7 Å². The van der Waals surface area contributed by atoms with Crippen LogP contribution in [0.15, 0.2) is 18.2 Å². The third-order valence-electron chi connectivity index (χ3n) is 4.27. The number of hydrogen-bond donors (Lipinski definition) is 0. The molecule has 120 valence electrons. The van der Waals surface area contributed by atoms with E-state index in [0.717, 1.165) is 16.8 Å². The van der Waals surface area contributed by atoms with Crippen LogP contribution >= 0.6 is 0 Å². The van der Waals surface area contributed by atoms with Crippen LogP contribution in [0, 0.1) is 5.92 Å². The molecule has 1 aromatic rings. The Kier molecular flexibility index (Phi) is 4.89. The zero-order chi connectivity index (χ0) is 16.4. The van der Waals surface area contributed by atoms with E-state index in [2.05, 4.69) is 39.8 Å². The van der Waals surface area contributed by atoms with Gasteiger partial charge in [-0.15, -0.1) is 0 Å². The molecule has 0 radical (unpaired) electrons. The zero-order valence-corrected chi connectivity index (χ0v) is 14.1. The van der Waals surface area contributed by atoms with E-state index >= 15 is 0 Å². The molecule has 1 amide bonds. The Bertz CT molecular complexity index is 551. The maximum atomic E-state index is 12.5. The number of methoxy groups -OCH3 is 1. The number of esters is 1. The van der Waals surface area contributed by atoms with Crippen LogP contribution in [0.1, 0.15) is 57.1 Å². The SMILES string of the molecule is COC(=O)C1CC(=O)N(c2c(C(C)C)cccc2C(C)C)C1. The molecule has 0 bridgehead atoms. The number of benzene rings is 1. The van der Waals surface area contributed by atoms with Gasteiger partial charge in [-0.05, 0) is 23.0 Å². The summed E-state index contributed by atoms with van der Waals surface area (Å²) in [4.78, 5) is 26.0. The Balaban J connectivity index is 2.47. The Labute approximate surface area is 132 Å². The van der Waals surface area contributed by atoms with Crippen molar-refractivity contribution in [1.82, 2.24) is 0 Å². The first-order valence-electron chi connectivity index (χ1n) is 7.87. The lowest BCUT2D eigenvalue weighted by molar-refractivity contribution is -0.145. The highest BCUT2D eigenvalue weighted by molar-refractivity contribution is 6.00. The van der Waals surface area contributed by atoms with Crippen LogP contribution in [0.4, 0.5) is 5.69 Å². The van der Waals surface area contributed by atoms with Crippen LogP contribution in [-0.2, 0) is 14.3 Å². The summed E-state index contributed by atoms with van der Waals surface area (Å²) in [7, 11) is 1.37. The Morgan fingerprint density at radius 1 is 1.18 bits per heavy atom. The predicted octanol–water partition coefficient (Wildman–Crippen LogP) is 3.46. The van der Waals surface area contributed by atoms with Crippen LogP contribution in [-0.4, -0.2) is 25.5 Å². The van der Waals surface area contributed by atoms with Crippen molar-refractivity contribution >= 4 is 17.6 Å². The minimum atomic E-state index is -0.363. The van der Waals surface area contributed by atoms with Crippen molar-refractivity contribution < 1.29 is 14.3 Å². The highest BCUT2D eigenvalue weighted by Crippen LogP contribution is 2.38. The van der Waals surface area contributed by atoms with Crippen molar-refractivity contribution in [2.45, 2.75) is 46.0 Å². The number of carbonyl (C=O) groups excluding carboxylic acids is 2. The zero-order valence-electron chi connectivity index (χ0n) is 14.1. The normalized spacial score (nSPS) is 18.4. The monoisotopic (exact) mass is 303 g/mol. The van der Waals surface area contributed by atoms with Crippen molar-refractivity contribution in [1.29, 1.82) is 0 Å². The van der Waals surface area contributed by atoms with Gasteiger partial charge in [-0.2, -0.15) is 0 Å². The molecule has 2 rings (SSSR count). The third-order valence-corrected chi connectivity index (χ3v) is 4.27. The molecular weight excluding hydrogens is 278 g/mol. The summed E-state index contributed by atoms with van der Waals surface area (Å²) in [6.45, 7) is 8.92. The topological polar surface area (TPSA) is 46.6 Å². The molecule has 4 heteroatoms. The summed E-state index contributed by atoms with van der Waals surface area (Å²) in [6.07, 6.45) is 0.233. The summed E-state index contributed by atoms with van der Waals surface area (Å²) in [5.41, 5.74) is 3.30. The number of para-hydroxylation sites is 1. The molecule has 0 aliphatic carbocycles. The first kappa shape index (κ1) is 16.5. The average molecular weight is 303 g/mol. The van der Waals surface area contributed by atoms with E-state index < -0.39 is 0 Å². The van der Waals surface area contributed by atoms with Gasteiger partial charge in [0.2, 0.25) is 5.91 Å². The second-order valence-electron chi connectivity index (χ2n) is 6.52. The van der Waals surface area contributed by atoms with Crippen molar-refractivity contribution in [3.63, 3.8) is 0 Å². The van der Waals surface area contributed by atoms with E-state index in [1.807, 2.05) is 6.07 Å². The molecule has 1 aromatic carbocycles. The van der Waals surface area contributed by atoms with Gasteiger partial charge in [0.25, 0.3) is 0 Å². The molecule has 1 heterocycles. The summed E-state index contributed by atoms with van der Waals surface area (Å²) in [5.74, 6) is -0.0236. The van der Waals surface area contributed by atoms with Crippen LogP contribution in [0.3, 0.4) is 0 Å². The fraction of sp³-hybridized carbons (Fsp3) is 0.556. The standard InChI is InChI=1S/C18H25NO3/c1-11(2)14-7-6-8-15(12(3)4)17(14)19-10-13(9-16(19)20)18(21)22-5/h6-8,11-13H,9-10H2,1-5H3. The Morgan fingerprint density at radius 3 is 2.18 bits per heavy atom. The second-order valence-corrected chi connectivity index (χ2v) is 6.52. The smallest absolute Gasteiger partial charge is 0.311 e. The van der Waals surface area contributed by atoms with Gasteiger partial charge < -0.3 is 9.64 Å². The summed E-state index contributed by atoms with van der Waals surface area (Å²) < 4.78 is 4.80. The predicted molar refractivity (Wildman–Crippen MR) is 87.1 cm³/mol. The highest BCUT2D eigenvalue weighted by Gasteiger charge is 2.37. The molecule has 22 heavy (non-hydrogen) atoms. The summed E-state index contributed by atoms with van der Waals surface area (Å²) in [5, 5.41) is 0. The number of carbonyl (C=O) groups is 2. The highest BCUT2D eigenvalue weighted by atomic mass is 16.5. The molecule has 1 unspecified atom stereocenters. The van der Waals surface area contributed by atoms with Crippen LogP contribution in [0.2, 0.25) is 0 Å². The van der Waals surface area contributed by atoms with Gasteiger partial charge in [-0.1, -0.05) is 45.9 Å². The van der Waals surface area contributed by atoms with E-state index in [9.17, 15) is 9.59 Å². The van der Waals surface area contributed by atoms with Crippen LogP contribution in [0.25, 0.3) is 0 Å². The lowest BCUT2D eigenvalue weighted by atomic mass is 9.92. The van der Waals surface area contributed by atoms with E-state index in [1.54, 1.807) is 4.90 Å². The fourth-order valence-corrected chi connectivity index (χ4v) is 3.07. The van der Waals surface area contributed by atoms with Gasteiger partial charge >= 0.3 is 5.97 Å². The quantitative estimate of drug-likeness (QED) is 0.800. The van der Waals surface area contributed by atoms with E-state index in [0.29, 0.717) is 18.4 Å². The molecule has 0 aromatic heterocycles. The van der Waals surface area contributed by atoms with Gasteiger partial charge in [-0.3, -0.25) is 9.59 Å². The molecular formula is C18H25NO3. The maximum Gasteiger partial charge on any atom is 0.311 e. The number of nitrogens with zero attached hydrogens (tertiary/aromatic N) is 1. The first-order valence-corrected chi connectivity index (χ1v) is 7.87. The van der Waals surface area contributed by atoms with Gasteiger partial charge in [0.15, 0.2) is 0 Å². The molecule has 1 fully saturated rings. The van der Waals surface area contributed by atoms with Gasteiger partial charge in [0, 0.05) is 13.0 Å². The van der Waals surface area contributed by atoms with Crippen molar-refractivity contribution in [3.8, 4) is 0 Å². The lowest BCUT2D eigenvalue weighted by Crippen LogP contribution is -2.28. The molecule has 1 aliphatic rings. The number of rotatable bonds is 4. The van der Waals surface area contributed by atoms with E-state index in [-0.39, 0.29) is 24.2 Å². The molecule has 1 atom stereocenters. The van der Waals surface area contributed by atoms with Crippen molar-refractivity contribution in [2.24, 2.45) is 5.92 Å². The average Bonchev–Trinajstić information content (AvgIpc) is 2.87. The minimum absolute atomic E-state index is 0.00500. The molecule has 4 nitrogen and oxygen atoms in total. The van der Waals surface area contributed by atoms with Crippen LogP contribution in [0.5, 0.6) is 0 Å². The first-order chi connectivity index (χ1) is 10.4. The fourth-order valence-electron chi connectivity index (χ4n) is 3.07. The molecule has 0 saturated carbocycles.